The predicted molar refractivity (Wildman–Crippen MR) is 110 cm³/mol. The molecule has 0 amide bonds. The number of anilines is 1. The van der Waals surface area contributed by atoms with E-state index in [9.17, 15) is 9.18 Å². The Bertz CT molecular complexity index is 1160. The molecule has 2 aliphatic heterocycles. The number of aromatic nitrogens is 2. The van der Waals surface area contributed by atoms with Gasteiger partial charge in [0.25, 0.3) is 5.56 Å². The largest absolute Gasteiger partial charge is 0.336 e. The number of nitrogens with zero attached hydrogens (tertiary/aromatic N) is 4. The van der Waals surface area contributed by atoms with E-state index in [1.807, 2.05) is 30.3 Å². The molecule has 0 atom stereocenters. The van der Waals surface area contributed by atoms with Crippen LogP contribution in [-0.4, -0.2) is 27.5 Å². The summed E-state index contributed by atoms with van der Waals surface area (Å²) in [6.07, 6.45) is 0. The number of rotatable bonds is 4. The molecule has 160 valence electrons. The van der Waals surface area contributed by atoms with Crippen LogP contribution in [0.2, 0.25) is 0 Å². The molecule has 3 aromatic rings. The highest BCUT2D eigenvalue weighted by atomic mass is 19.3. The highest BCUT2D eigenvalue weighted by molar-refractivity contribution is 5.42. The maximum atomic E-state index is 15.3. The normalized spacial score (nSPS) is 17.5. The van der Waals surface area contributed by atoms with Crippen molar-refractivity contribution < 1.29 is 13.2 Å². The van der Waals surface area contributed by atoms with Crippen LogP contribution in [0.3, 0.4) is 0 Å². The standard InChI is InChI=1S/C23H21F3N4O/c24-18-8-6-17(7-9-18)13-29-10-11-30-20-19(21(31)27-22(29)30)14-28(15-23(20,25)26)12-16-4-2-1-3-5-16/h1-9H,10-15H2. The van der Waals surface area contributed by atoms with E-state index in [-0.39, 0.29) is 29.6 Å². The molecule has 8 heteroatoms. The van der Waals surface area contributed by atoms with Crippen LogP contribution < -0.4 is 10.5 Å². The van der Waals surface area contributed by atoms with Crippen LogP contribution in [0.25, 0.3) is 0 Å². The Morgan fingerprint density at radius 3 is 2.39 bits per heavy atom. The van der Waals surface area contributed by atoms with Gasteiger partial charge in [-0.25, -0.2) is 4.39 Å². The summed E-state index contributed by atoms with van der Waals surface area (Å²) >= 11 is 0. The Balaban J connectivity index is 1.47. The van der Waals surface area contributed by atoms with Gasteiger partial charge in [-0.3, -0.25) is 9.69 Å². The minimum atomic E-state index is -3.16. The molecule has 0 aliphatic carbocycles. The van der Waals surface area contributed by atoms with Crippen LogP contribution in [0.5, 0.6) is 0 Å². The van der Waals surface area contributed by atoms with Crippen LogP contribution in [0, 0.1) is 5.82 Å². The van der Waals surface area contributed by atoms with E-state index < -0.39 is 18.0 Å². The number of benzene rings is 2. The molecule has 1 aromatic heterocycles. The van der Waals surface area contributed by atoms with E-state index >= 15 is 8.78 Å². The third-order valence-electron chi connectivity index (χ3n) is 5.82. The van der Waals surface area contributed by atoms with E-state index in [1.54, 1.807) is 21.9 Å². The van der Waals surface area contributed by atoms with Gasteiger partial charge in [-0.1, -0.05) is 42.5 Å². The van der Waals surface area contributed by atoms with Gasteiger partial charge in [-0.05, 0) is 23.3 Å². The molecule has 0 saturated carbocycles. The summed E-state index contributed by atoms with van der Waals surface area (Å²) in [6.45, 7) is 1.20. The lowest BCUT2D eigenvalue weighted by molar-refractivity contribution is -0.0621. The predicted octanol–water partition coefficient (Wildman–Crippen LogP) is 3.51. The van der Waals surface area contributed by atoms with Crippen molar-refractivity contribution in [3.8, 4) is 0 Å². The molecule has 0 saturated heterocycles. The Morgan fingerprint density at radius 1 is 0.935 bits per heavy atom. The van der Waals surface area contributed by atoms with Gasteiger partial charge in [0.15, 0.2) is 0 Å². The van der Waals surface area contributed by atoms with Crippen molar-refractivity contribution in [2.45, 2.75) is 32.1 Å². The van der Waals surface area contributed by atoms with Crippen molar-refractivity contribution in [2.24, 2.45) is 0 Å². The first-order chi connectivity index (χ1) is 14.9. The van der Waals surface area contributed by atoms with Gasteiger partial charge in [0.2, 0.25) is 5.95 Å². The molecular formula is C23H21F3N4O. The van der Waals surface area contributed by atoms with E-state index in [0.717, 1.165) is 11.1 Å². The van der Waals surface area contributed by atoms with Gasteiger partial charge in [0.1, 0.15) is 11.5 Å². The van der Waals surface area contributed by atoms with Crippen molar-refractivity contribution in [3.05, 3.63) is 93.2 Å². The zero-order valence-electron chi connectivity index (χ0n) is 16.8. The van der Waals surface area contributed by atoms with Gasteiger partial charge in [-0.2, -0.15) is 13.8 Å². The van der Waals surface area contributed by atoms with Crippen molar-refractivity contribution in [1.82, 2.24) is 14.5 Å². The van der Waals surface area contributed by atoms with Gasteiger partial charge in [0.05, 0.1) is 12.1 Å². The third kappa shape index (κ3) is 3.72. The maximum absolute atomic E-state index is 15.3. The lowest BCUT2D eigenvalue weighted by atomic mass is 10.0. The summed E-state index contributed by atoms with van der Waals surface area (Å²) in [5.74, 6) is -3.25. The summed E-state index contributed by atoms with van der Waals surface area (Å²) in [5, 5.41) is 0. The molecule has 2 aromatic carbocycles. The van der Waals surface area contributed by atoms with Crippen molar-refractivity contribution in [2.75, 3.05) is 18.0 Å². The SMILES string of the molecule is O=c1nc2n(c3c1CN(Cc1ccccc1)CC3(F)F)CCN2Cc1ccc(F)cc1. The van der Waals surface area contributed by atoms with Gasteiger partial charge in [-0.15, -0.1) is 0 Å². The van der Waals surface area contributed by atoms with E-state index in [0.29, 0.717) is 26.2 Å². The summed E-state index contributed by atoms with van der Waals surface area (Å²) in [7, 11) is 0. The van der Waals surface area contributed by atoms with Crippen LogP contribution in [0.15, 0.2) is 59.4 Å². The van der Waals surface area contributed by atoms with E-state index in [4.69, 9.17) is 0 Å². The molecule has 0 bridgehead atoms. The topological polar surface area (TPSA) is 41.4 Å². The molecule has 0 radical (unpaired) electrons. The number of halogens is 3. The zero-order valence-corrected chi connectivity index (χ0v) is 16.8. The summed E-state index contributed by atoms with van der Waals surface area (Å²) in [5.41, 5.74) is 0.988. The number of hydrogen-bond donors (Lipinski definition) is 0. The molecule has 31 heavy (non-hydrogen) atoms. The smallest absolute Gasteiger partial charge is 0.300 e. The van der Waals surface area contributed by atoms with Gasteiger partial charge < -0.3 is 9.47 Å². The monoisotopic (exact) mass is 426 g/mol. The molecule has 0 unspecified atom stereocenters. The first kappa shape index (κ1) is 19.8. The molecular weight excluding hydrogens is 405 g/mol. The summed E-state index contributed by atoms with van der Waals surface area (Å²) < 4.78 is 45.3. The second-order valence-electron chi connectivity index (χ2n) is 8.08. The second-order valence-corrected chi connectivity index (χ2v) is 8.08. The van der Waals surface area contributed by atoms with Crippen LogP contribution in [0.1, 0.15) is 22.4 Å². The summed E-state index contributed by atoms with van der Waals surface area (Å²) in [4.78, 5) is 20.3. The minimum Gasteiger partial charge on any atom is -0.336 e. The van der Waals surface area contributed by atoms with Crippen LogP contribution in [-0.2, 0) is 32.1 Å². The zero-order chi connectivity index (χ0) is 21.6. The molecule has 0 spiro atoms. The van der Waals surface area contributed by atoms with Crippen molar-refractivity contribution >= 4 is 5.95 Å². The van der Waals surface area contributed by atoms with E-state index in [1.165, 1.54) is 16.7 Å². The lowest BCUT2D eigenvalue weighted by Crippen LogP contribution is -2.45. The minimum absolute atomic E-state index is 0.0690. The second kappa shape index (κ2) is 7.53. The van der Waals surface area contributed by atoms with Crippen molar-refractivity contribution in [3.63, 3.8) is 0 Å². The Morgan fingerprint density at radius 2 is 1.65 bits per heavy atom. The molecule has 0 fully saturated rings. The average Bonchev–Trinajstić information content (AvgIpc) is 3.12. The summed E-state index contributed by atoms with van der Waals surface area (Å²) in [6, 6.07) is 15.4. The molecule has 2 aliphatic rings. The van der Waals surface area contributed by atoms with Crippen LogP contribution >= 0.6 is 0 Å². The third-order valence-corrected chi connectivity index (χ3v) is 5.82. The molecule has 0 N–H and O–H groups in total. The van der Waals surface area contributed by atoms with Gasteiger partial charge >= 0.3 is 5.92 Å². The number of alkyl halides is 2. The number of fused-ring (bicyclic) bond motifs is 3. The van der Waals surface area contributed by atoms with Crippen LogP contribution in [0.4, 0.5) is 19.1 Å². The highest BCUT2D eigenvalue weighted by Crippen LogP contribution is 2.38. The van der Waals surface area contributed by atoms with Crippen molar-refractivity contribution in [1.29, 1.82) is 0 Å². The Hall–Kier alpha value is -3.13. The molecule has 3 heterocycles. The first-order valence-corrected chi connectivity index (χ1v) is 10.2. The Kier molecular flexibility index (Phi) is 4.81. The molecule has 5 rings (SSSR count). The highest BCUT2D eigenvalue weighted by Gasteiger charge is 2.46. The Labute approximate surface area is 177 Å². The molecule has 5 nitrogen and oxygen atoms in total. The average molecular weight is 426 g/mol. The fourth-order valence-corrected chi connectivity index (χ4v) is 4.47. The first-order valence-electron chi connectivity index (χ1n) is 10.2. The quantitative estimate of drug-likeness (QED) is 0.640. The van der Waals surface area contributed by atoms with E-state index in [2.05, 4.69) is 4.98 Å². The fourth-order valence-electron chi connectivity index (χ4n) is 4.47. The van der Waals surface area contributed by atoms with Gasteiger partial charge in [0, 0.05) is 32.7 Å². The number of hydrogen-bond acceptors (Lipinski definition) is 4. The maximum Gasteiger partial charge on any atom is 0.300 e. The fraction of sp³-hybridized carbons (Fsp3) is 0.304. The lowest BCUT2D eigenvalue weighted by Gasteiger charge is -2.35.